The third-order valence-electron chi connectivity index (χ3n) is 6.70. The molecule has 0 bridgehead atoms. The summed E-state index contributed by atoms with van der Waals surface area (Å²) in [5.74, 6) is 2.04. The first-order valence-electron chi connectivity index (χ1n) is 12.1. The molecule has 1 aromatic rings. The molecule has 1 fully saturated rings. The highest BCUT2D eigenvalue weighted by molar-refractivity contribution is 6.01. The van der Waals surface area contributed by atoms with Crippen molar-refractivity contribution in [2.45, 2.75) is 65.6 Å². The summed E-state index contributed by atoms with van der Waals surface area (Å²) in [4.78, 5) is 53.2. The lowest BCUT2D eigenvalue weighted by Gasteiger charge is -2.32. The molecule has 2 aliphatic heterocycles. The van der Waals surface area contributed by atoms with Crippen molar-refractivity contribution in [1.82, 2.24) is 15.1 Å². The topological polar surface area (TPSA) is 86.8 Å². The zero-order valence-corrected chi connectivity index (χ0v) is 20.4. The van der Waals surface area contributed by atoms with Crippen LogP contribution < -0.4 is 5.32 Å². The predicted molar refractivity (Wildman–Crippen MR) is 130 cm³/mol. The van der Waals surface area contributed by atoms with E-state index in [4.69, 9.17) is 6.42 Å². The maximum Gasteiger partial charge on any atom is 0.255 e. The minimum atomic E-state index is -0.679. The number of nitrogens with one attached hydrogen (secondary N) is 1. The van der Waals surface area contributed by atoms with Gasteiger partial charge in [-0.25, -0.2) is 0 Å². The van der Waals surface area contributed by atoms with Gasteiger partial charge < -0.3 is 15.1 Å². The third-order valence-corrected chi connectivity index (χ3v) is 6.70. The van der Waals surface area contributed by atoms with E-state index < -0.39 is 6.04 Å². The van der Waals surface area contributed by atoms with Crippen LogP contribution in [0.5, 0.6) is 0 Å². The molecular weight excluding hydrogens is 430 g/mol. The molecule has 34 heavy (non-hydrogen) atoms. The highest BCUT2D eigenvalue weighted by Crippen LogP contribution is 2.28. The number of amides is 2. The number of fused-ring (bicyclic) bond motifs is 1. The molecule has 7 nitrogen and oxygen atoms in total. The Bertz CT molecular complexity index is 986. The molecule has 1 N–H and O–H groups in total. The van der Waals surface area contributed by atoms with Gasteiger partial charge in [0.2, 0.25) is 11.7 Å². The van der Waals surface area contributed by atoms with Gasteiger partial charge in [-0.05, 0) is 68.3 Å². The summed E-state index contributed by atoms with van der Waals surface area (Å²) in [6.45, 7) is 9.54. The number of Topliss-reactive ketones (excluding diaryl/α,β-unsaturated/α-hetero) is 2. The van der Waals surface area contributed by atoms with Crippen LogP contribution in [0.1, 0.15) is 67.9 Å². The Morgan fingerprint density at radius 1 is 1.21 bits per heavy atom. The lowest BCUT2D eigenvalue weighted by atomic mass is 9.95. The summed E-state index contributed by atoms with van der Waals surface area (Å²) in [7, 11) is 0. The van der Waals surface area contributed by atoms with E-state index in [1.54, 1.807) is 6.07 Å². The van der Waals surface area contributed by atoms with Gasteiger partial charge in [-0.1, -0.05) is 26.0 Å². The van der Waals surface area contributed by atoms with Crippen molar-refractivity contribution in [1.29, 1.82) is 0 Å². The van der Waals surface area contributed by atoms with E-state index in [1.165, 1.54) is 11.8 Å². The van der Waals surface area contributed by atoms with Crippen LogP contribution in [0.3, 0.4) is 0 Å². The summed E-state index contributed by atoms with van der Waals surface area (Å²) < 4.78 is 0. The van der Waals surface area contributed by atoms with E-state index in [0.29, 0.717) is 24.6 Å². The highest BCUT2D eigenvalue weighted by atomic mass is 16.2. The van der Waals surface area contributed by atoms with Crippen LogP contribution in [0.15, 0.2) is 18.2 Å². The molecule has 0 aromatic heterocycles. The molecule has 0 radical (unpaired) electrons. The predicted octanol–water partition coefficient (Wildman–Crippen LogP) is 2.57. The van der Waals surface area contributed by atoms with E-state index in [0.717, 1.165) is 43.6 Å². The summed E-state index contributed by atoms with van der Waals surface area (Å²) in [6.07, 6.45) is 7.16. The Kier molecular flexibility index (Phi) is 8.62. The highest BCUT2D eigenvalue weighted by Gasteiger charge is 2.35. The number of ketones is 2. The van der Waals surface area contributed by atoms with Gasteiger partial charge in [-0.15, -0.1) is 6.42 Å². The molecule has 1 atom stereocenters. The van der Waals surface area contributed by atoms with Gasteiger partial charge in [-0.3, -0.25) is 19.2 Å². The molecule has 2 heterocycles. The van der Waals surface area contributed by atoms with Crippen LogP contribution in [0, 0.1) is 24.2 Å². The summed E-state index contributed by atoms with van der Waals surface area (Å²) in [5, 5.41) is 3.05. The van der Waals surface area contributed by atoms with Crippen molar-refractivity contribution in [3.63, 3.8) is 0 Å². The normalized spacial score (nSPS) is 17.4. The molecule has 2 aliphatic rings. The Morgan fingerprint density at radius 2 is 1.91 bits per heavy atom. The molecular formula is C27H35N3O4. The molecule has 182 valence electrons. The largest absolute Gasteiger partial charge is 0.352 e. The zero-order valence-electron chi connectivity index (χ0n) is 20.4. The average molecular weight is 466 g/mol. The quantitative estimate of drug-likeness (QED) is 0.424. The first kappa shape index (κ1) is 25.6. The van der Waals surface area contributed by atoms with Crippen molar-refractivity contribution >= 4 is 23.4 Å². The van der Waals surface area contributed by atoms with Crippen LogP contribution >= 0.6 is 0 Å². The third kappa shape index (κ3) is 6.32. The molecule has 0 saturated carbocycles. The number of terminal acetylenes is 1. The first-order valence-corrected chi connectivity index (χ1v) is 12.1. The van der Waals surface area contributed by atoms with Crippen molar-refractivity contribution in [2.75, 3.05) is 19.6 Å². The first-order chi connectivity index (χ1) is 16.2. The van der Waals surface area contributed by atoms with Gasteiger partial charge >= 0.3 is 0 Å². The van der Waals surface area contributed by atoms with Crippen LogP contribution in [0.2, 0.25) is 0 Å². The Hall–Kier alpha value is -2.98. The summed E-state index contributed by atoms with van der Waals surface area (Å²) in [5.41, 5.74) is 2.30. The number of rotatable bonds is 10. The SMILES string of the molecule is C#CC(=O)CCC(C(C)=O)N1Cc2cc(CNC(=O)C3CCN(CC(C)C)CC3)ccc2C1=O. The maximum absolute atomic E-state index is 12.9. The van der Waals surface area contributed by atoms with Crippen molar-refractivity contribution in [2.24, 2.45) is 11.8 Å². The average Bonchev–Trinajstić information content (AvgIpc) is 3.12. The van der Waals surface area contributed by atoms with Gasteiger partial charge in [-0.2, -0.15) is 0 Å². The standard InChI is InChI=1S/C27H35N3O4/c1-5-23(32)7-9-25(19(4)31)30-17-22-14-20(6-8-24(22)27(30)34)15-28-26(33)21-10-12-29(13-11-21)16-18(2)3/h1,6,8,14,18,21,25H,7,9-13,15-17H2,2-4H3,(H,28,33). The van der Waals surface area contributed by atoms with E-state index in [1.807, 2.05) is 12.1 Å². The van der Waals surface area contributed by atoms with E-state index in [9.17, 15) is 19.2 Å². The molecule has 0 spiro atoms. The number of hydrogen-bond acceptors (Lipinski definition) is 5. The molecule has 0 aliphatic carbocycles. The van der Waals surface area contributed by atoms with Gasteiger partial charge in [0.05, 0.1) is 6.04 Å². The van der Waals surface area contributed by atoms with Crippen molar-refractivity contribution in [3.05, 3.63) is 34.9 Å². The molecule has 3 rings (SSSR count). The number of piperidine rings is 1. The molecule has 1 aromatic carbocycles. The Morgan fingerprint density at radius 3 is 2.53 bits per heavy atom. The number of hydrogen-bond donors (Lipinski definition) is 1. The molecule has 1 saturated heterocycles. The van der Waals surface area contributed by atoms with Gasteiger partial charge in [0.15, 0.2) is 5.78 Å². The van der Waals surface area contributed by atoms with E-state index in [-0.39, 0.29) is 42.1 Å². The second-order valence-electron chi connectivity index (χ2n) is 9.84. The fourth-order valence-corrected chi connectivity index (χ4v) is 4.90. The second-order valence-corrected chi connectivity index (χ2v) is 9.84. The smallest absolute Gasteiger partial charge is 0.255 e. The molecule has 1 unspecified atom stereocenters. The van der Waals surface area contributed by atoms with Crippen LogP contribution in [0.25, 0.3) is 0 Å². The number of likely N-dealkylation sites (tertiary alicyclic amines) is 1. The Labute approximate surface area is 202 Å². The maximum atomic E-state index is 12.9. The monoisotopic (exact) mass is 465 g/mol. The van der Waals surface area contributed by atoms with Gasteiger partial charge in [0, 0.05) is 37.5 Å². The van der Waals surface area contributed by atoms with Crippen LogP contribution in [-0.4, -0.2) is 58.9 Å². The number of carbonyl (C=O) groups is 4. The minimum absolute atomic E-state index is 0.0388. The fourth-order valence-electron chi connectivity index (χ4n) is 4.90. The second kappa shape index (κ2) is 11.4. The minimum Gasteiger partial charge on any atom is -0.352 e. The van der Waals surface area contributed by atoms with E-state index in [2.05, 4.69) is 30.0 Å². The lowest BCUT2D eigenvalue weighted by Crippen LogP contribution is -2.41. The summed E-state index contributed by atoms with van der Waals surface area (Å²) >= 11 is 0. The van der Waals surface area contributed by atoms with E-state index >= 15 is 0 Å². The number of nitrogens with zero attached hydrogens (tertiary/aromatic N) is 2. The summed E-state index contributed by atoms with van der Waals surface area (Å²) in [6, 6.07) is 4.84. The number of carbonyl (C=O) groups excluding carboxylic acids is 4. The van der Waals surface area contributed by atoms with Gasteiger partial charge in [0.25, 0.3) is 5.91 Å². The lowest BCUT2D eigenvalue weighted by molar-refractivity contribution is -0.126. The molecule has 7 heteroatoms. The van der Waals surface area contributed by atoms with Crippen LogP contribution in [-0.2, 0) is 27.5 Å². The number of benzene rings is 1. The zero-order chi connectivity index (χ0) is 24.8. The molecule has 2 amide bonds. The van der Waals surface area contributed by atoms with Crippen molar-refractivity contribution in [3.8, 4) is 12.3 Å². The van der Waals surface area contributed by atoms with Crippen molar-refractivity contribution < 1.29 is 19.2 Å². The van der Waals surface area contributed by atoms with Gasteiger partial charge in [0.1, 0.15) is 0 Å². The Balaban J connectivity index is 1.56. The van der Waals surface area contributed by atoms with Crippen LogP contribution in [0.4, 0.5) is 0 Å². The fraction of sp³-hybridized carbons (Fsp3) is 0.556.